The number of methoxy groups -OCH3 is 1. The van der Waals surface area contributed by atoms with Gasteiger partial charge in [0.1, 0.15) is 6.61 Å². The molecule has 6 heteroatoms. The number of benzene rings is 1. The molecule has 1 aromatic carbocycles. The summed E-state index contributed by atoms with van der Waals surface area (Å²) in [6, 6.07) is 5.31. The molecule has 18 heavy (non-hydrogen) atoms. The van der Waals surface area contributed by atoms with Crippen LogP contribution in [0.3, 0.4) is 0 Å². The lowest BCUT2D eigenvalue weighted by atomic mass is 10.2. The molecule has 1 rings (SSSR count). The Bertz CT molecular complexity index is 495. The minimum Gasteiger partial charge on any atom is -0.493 e. The van der Waals surface area contributed by atoms with E-state index in [1.54, 1.807) is 31.5 Å². The number of hydrogen-bond acceptors (Lipinski definition) is 4. The van der Waals surface area contributed by atoms with Gasteiger partial charge in [0.05, 0.1) is 13.3 Å². The monoisotopic (exact) mass is 263 g/mol. The van der Waals surface area contributed by atoms with Crippen LogP contribution in [0.2, 0.25) is 0 Å². The number of hydrazone groups is 1. The van der Waals surface area contributed by atoms with E-state index in [1.165, 1.54) is 0 Å². The zero-order chi connectivity index (χ0) is 13.4. The van der Waals surface area contributed by atoms with E-state index in [9.17, 15) is 0 Å². The van der Waals surface area contributed by atoms with Crippen LogP contribution in [0.5, 0.6) is 11.5 Å². The van der Waals surface area contributed by atoms with E-state index in [1.807, 2.05) is 0 Å². The van der Waals surface area contributed by atoms with Crippen molar-refractivity contribution in [3.05, 3.63) is 23.8 Å². The lowest BCUT2D eigenvalue weighted by molar-refractivity contribution is 0.331. The summed E-state index contributed by atoms with van der Waals surface area (Å²) in [6.45, 7) is 0.187. The molecule has 0 unspecified atom stereocenters. The van der Waals surface area contributed by atoms with Crippen molar-refractivity contribution >= 4 is 23.5 Å². The number of ether oxygens (including phenoxy) is 2. The molecule has 0 bridgehead atoms. The molecule has 0 atom stereocenters. The first kappa shape index (κ1) is 13.8. The van der Waals surface area contributed by atoms with Crippen molar-refractivity contribution in [1.29, 1.82) is 0 Å². The molecule has 0 aliphatic rings. The Kier molecular flexibility index (Phi) is 5.48. The predicted molar refractivity (Wildman–Crippen MR) is 74.8 cm³/mol. The maximum atomic E-state index is 5.31. The third kappa shape index (κ3) is 4.31. The average molecular weight is 263 g/mol. The highest BCUT2D eigenvalue weighted by atomic mass is 32.1. The maximum Gasteiger partial charge on any atom is 0.184 e. The van der Waals surface area contributed by atoms with E-state index in [0.717, 1.165) is 5.56 Å². The van der Waals surface area contributed by atoms with Crippen LogP contribution in [0.1, 0.15) is 5.56 Å². The summed E-state index contributed by atoms with van der Waals surface area (Å²) >= 11 is 4.62. The van der Waals surface area contributed by atoms with Crippen molar-refractivity contribution in [3.63, 3.8) is 0 Å². The predicted octanol–water partition coefficient (Wildman–Crippen LogP) is 0.874. The minimum atomic E-state index is 0.104. The first-order valence-electron chi connectivity index (χ1n) is 5.00. The second-order valence-electron chi connectivity index (χ2n) is 3.14. The maximum absolute atomic E-state index is 5.31. The highest BCUT2D eigenvalue weighted by molar-refractivity contribution is 7.80. The van der Waals surface area contributed by atoms with Crippen LogP contribution < -0.4 is 20.6 Å². The number of terminal acetylenes is 1. The van der Waals surface area contributed by atoms with Gasteiger partial charge in [-0.05, 0) is 36.0 Å². The topological polar surface area (TPSA) is 68.9 Å². The summed E-state index contributed by atoms with van der Waals surface area (Å²) in [5.41, 5.74) is 8.50. The SMILES string of the molecule is C#CCOc1ccc(/C=N/NC(N)=S)cc1OC. The number of nitrogens with two attached hydrogens (primary N) is 1. The molecule has 0 saturated carbocycles. The average Bonchev–Trinajstić information content (AvgIpc) is 2.36. The van der Waals surface area contributed by atoms with E-state index in [-0.39, 0.29) is 11.7 Å². The van der Waals surface area contributed by atoms with Gasteiger partial charge >= 0.3 is 0 Å². The van der Waals surface area contributed by atoms with Gasteiger partial charge in [0.2, 0.25) is 0 Å². The summed E-state index contributed by atoms with van der Waals surface area (Å²) in [5.74, 6) is 3.54. The van der Waals surface area contributed by atoms with Gasteiger partial charge in [-0.3, -0.25) is 5.43 Å². The number of nitrogens with zero attached hydrogens (tertiary/aromatic N) is 1. The van der Waals surface area contributed by atoms with Crippen molar-refractivity contribution in [2.24, 2.45) is 10.8 Å². The third-order valence-electron chi connectivity index (χ3n) is 1.89. The molecule has 0 saturated heterocycles. The number of nitrogens with one attached hydrogen (secondary N) is 1. The van der Waals surface area contributed by atoms with E-state index >= 15 is 0 Å². The number of rotatable bonds is 5. The van der Waals surface area contributed by atoms with Crippen molar-refractivity contribution in [2.45, 2.75) is 0 Å². The molecule has 0 heterocycles. The van der Waals surface area contributed by atoms with E-state index in [0.29, 0.717) is 11.5 Å². The van der Waals surface area contributed by atoms with Crippen molar-refractivity contribution in [2.75, 3.05) is 13.7 Å². The van der Waals surface area contributed by atoms with Crippen LogP contribution in [0, 0.1) is 12.3 Å². The molecular formula is C12H13N3O2S. The lowest BCUT2D eigenvalue weighted by Gasteiger charge is -2.08. The van der Waals surface area contributed by atoms with E-state index < -0.39 is 0 Å². The molecule has 0 spiro atoms. The molecule has 5 nitrogen and oxygen atoms in total. The quantitative estimate of drug-likeness (QED) is 0.357. The zero-order valence-corrected chi connectivity index (χ0v) is 10.7. The summed E-state index contributed by atoms with van der Waals surface area (Å²) in [6.07, 6.45) is 6.68. The van der Waals surface area contributed by atoms with E-state index in [2.05, 4.69) is 28.7 Å². The Morgan fingerprint density at radius 1 is 1.61 bits per heavy atom. The molecule has 0 fully saturated rings. The first-order chi connectivity index (χ1) is 8.67. The Morgan fingerprint density at radius 2 is 2.39 bits per heavy atom. The first-order valence-corrected chi connectivity index (χ1v) is 5.41. The normalized spacial score (nSPS) is 9.78. The van der Waals surface area contributed by atoms with Gasteiger partial charge in [-0.15, -0.1) is 6.42 Å². The zero-order valence-electron chi connectivity index (χ0n) is 9.84. The third-order valence-corrected chi connectivity index (χ3v) is 1.98. The standard InChI is InChI=1S/C12H13N3O2S/c1-3-6-17-10-5-4-9(7-11(10)16-2)8-14-15-12(13)18/h1,4-5,7-8H,6H2,2H3,(H3,13,15,18)/b14-8+. The van der Waals surface area contributed by atoms with Crippen LogP contribution in [0.15, 0.2) is 23.3 Å². The minimum absolute atomic E-state index is 0.104. The van der Waals surface area contributed by atoms with Crippen LogP contribution in [0.4, 0.5) is 0 Å². The van der Waals surface area contributed by atoms with Gasteiger partial charge in [0.15, 0.2) is 16.6 Å². The molecule has 3 N–H and O–H groups in total. The van der Waals surface area contributed by atoms with Gasteiger partial charge in [-0.2, -0.15) is 5.10 Å². The van der Waals surface area contributed by atoms with Crippen molar-refractivity contribution < 1.29 is 9.47 Å². The van der Waals surface area contributed by atoms with E-state index in [4.69, 9.17) is 21.6 Å². The Hall–Kier alpha value is -2.26. The second kappa shape index (κ2) is 7.14. The molecule has 0 aliphatic carbocycles. The molecule has 94 valence electrons. The van der Waals surface area contributed by atoms with Crippen molar-refractivity contribution in [1.82, 2.24) is 5.43 Å². The fourth-order valence-corrected chi connectivity index (χ4v) is 1.23. The summed E-state index contributed by atoms with van der Waals surface area (Å²) in [7, 11) is 1.55. The summed E-state index contributed by atoms with van der Waals surface area (Å²) in [4.78, 5) is 0. The fraction of sp³-hybridized carbons (Fsp3) is 0.167. The van der Waals surface area contributed by atoms with Crippen LogP contribution >= 0.6 is 12.2 Å². The van der Waals surface area contributed by atoms with Gasteiger partial charge < -0.3 is 15.2 Å². The van der Waals surface area contributed by atoms with Gasteiger partial charge in [-0.1, -0.05) is 5.92 Å². The second-order valence-corrected chi connectivity index (χ2v) is 3.58. The Balaban J connectivity index is 2.81. The Morgan fingerprint density at radius 3 is 3.00 bits per heavy atom. The van der Waals surface area contributed by atoms with Crippen LogP contribution in [0.25, 0.3) is 0 Å². The lowest BCUT2D eigenvalue weighted by Crippen LogP contribution is -2.23. The number of thiocarbonyl (C=S) groups is 1. The molecule has 1 aromatic rings. The Labute approximate surface area is 111 Å². The summed E-state index contributed by atoms with van der Waals surface area (Å²) < 4.78 is 10.5. The molecule has 0 aliphatic heterocycles. The van der Waals surface area contributed by atoms with Crippen LogP contribution in [-0.4, -0.2) is 25.0 Å². The number of hydrogen-bond donors (Lipinski definition) is 2. The van der Waals surface area contributed by atoms with Gasteiger partial charge in [0.25, 0.3) is 0 Å². The highest BCUT2D eigenvalue weighted by Gasteiger charge is 2.04. The smallest absolute Gasteiger partial charge is 0.184 e. The van der Waals surface area contributed by atoms with Crippen LogP contribution in [-0.2, 0) is 0 Å². The highest BCUT2D eigenvalue weighted by Crippen LogP contribution is 2.27. The van der Waals surface area contributed by atoms with Crippen molar-refractivity contribution in [3.8, 4) is 23.8 Å². The molecule has 0 radical (unpaired) electrons. The molecule has 0 aromatic heterocycles. The summed E-state index contributed by atoms with van der Waals surface area (Å²) in [5, 5.41) is 3.94. The fourth-order valence-electron chi connectivity index (χ4n) is 1.17. The largest absolute Gasteiger partial charge is 0.493 e. The molecule has 0 amide bonds. The van der Waals surface area contributed by atoms with Gasteiger partial charge in [-0.25, -0.2) is 0 Å². The molecular weight excluding hydrogens is 250 g/mol. The van der Waals surface area contributed by atoms with Gasteiger partial charge in [0, 0.05) is 0 Å².